The Morgan fingerprint density at radius 3 is 2.92 bits per heavy atom. The van der Waals surface area contributed by atoms with Gasteiger partial charge in [-0.1, -0.05) is 18.2 Å². The molecule has 1 aromatic carbocycles. The number of aryl methyl sites for hydroxylation is 1. The highest BCUT2D eigenvalue weighted by Gasteiger charge is 2.34. The Kier molecular flexibility index (Phi) is 4.17. The van der Waals surface area contributed by atoms with Gasteiger partial charge in [0.25, 0.3) is 0 Å². The number of anilines is 1. The molecule has 0 radical (unpaired) electrons. The molecule has 2 aliphatic heterocycles. The SMILES string of the molecule is Cc1nnc(C2CN(C(=O)C(C)N3CCc4ccccc43)CCO2)o1. The van der Waals surface area contributed by atoms with E-state index in [2.05, 4.69) is 27.2 Å². The van der Waals surface area contributed by atoms with E-state index < -0.39 is 0 Å². The van der Waals surface area contributed by atoms with Gasteiger partial charge in [0.05, 0.1) is 13.2 Å². The third-order valence-corrected chi connectivity index (χ3v) is 4.94. The predicted molar refractivity (Wildman–Crippen MR) is 91.3 cm³/mol. The van der Waals surface area contributed by atoms with Crippen molar-refractivity contribution < 1.29 is 13.9 Å². The van der Waals surface area contributed by atoms with Crippen LogP contribution in [0.2, 0.25) is 0 Å². The average molecular weight is 342 g/mol. The van der Waals surface area contributed by atoms with Crippen LogP contribution in [0.25, 0.3) is 0 Å². The highest BCUT2D eigenvalue weighted by atomic mass is 16.5. The number of morpholine rings is 1. The molecule has 2 unspecified atom stereocenters. The van der Waals surface area contributed by atoms with Gasteiger partial charge in [-0.2, -0.15) is 0 Å². The molecule has 0 bridgehead atoms. The molecule has 1 saturated heterocycles. The summed E-state index contributed by atoms with van der Waals surface area (Å²) in [6, 6.07) is 8.10. The fourth-order valence-corrected chi connectivity index (χ4v) is 3.60. The number of carbonyl (C=O) groups is 1. The number of nitrogens with zero attached hydrogens (tertiary/aromatic N) is 4. The molecule has 1 aromatic heterocycles. The largest absolute Gasteiger partial charge is 0.423 e. The van der Waals surface area contributed by atoms with E-state index in [1.165, 1.54) is 11.3 Å². The van der Waals surface area contributed by atoms with E-state index in [1.807, 2.05) is 24.0 Å². The maximum absolute atomic E-state index is 13.0. The first-order valence-corrected chi connectivity index (χ1v) is 8.68. The first-order chi connectivity index (χ1) is 12.1. The Morgan fingerprint density at radius 2 is 2.12 bits per heavy atom. The minimum Gasteiger partial charge on any atom is -0.423 e. The molecule has 4 rings (SSSR count). The van der Waals surface area contributed by atoms with Crippen molar-refractivity contribution in [2.45, 2.75) is 32.4 Å². The van der Waals surface area contributed by atoms with Gasteiger partial charge < -0.3 is 19.0 Å². The van der Waals surface area contributed by atoms with E-state index in [1.54, 1.807) is 6.92 Å². The summed E-state index contributed by atoms with van der Waals surface area (Å²) in [6.45, 7) is 6.10. The minimum atomic E-state index is -0.350. The van der Waals surface area contributed by atoms with Gasteiger partial charge in [-0.3, -0.25) is 4.79 Å². The molecule has 0 saturated carbocycles. The normalized spacial score (nSPS) is 21.3. The molecular weight excluding hydrogens is 320 g/mol. The Morgan fingerprint density at radius 1 is 1.28 bits per heavy atom. The number of hydrogen-bond donors (Lipinski definition) is 0. The summed E-state index contributed by atoms with van der Waals surface area (Å²) in [5, 5.41) is 7.87. The van der Waals surface area contributed by atoms with Crippen molar-refractivity contribution in [1.82, 2.24) is 15.1 Å². The maximum Gasteiger partial charge on any atom is 0.246 e. The molecule has 132 valence electrons. The zero-order valence-corrected chi connectivity index (χ0v) is 14.5. The second kappa shape index (κ2) is 6.48. The zero-order chi connectivity index (χ0) is 17.4. The fourth-order valence-electron chi connectivity index (χ4n) is 3.60. The highest BCUT2D eigenvalue weighted by Crippen LogP contribution is 2.30. The Balaban J connectivity index is 1.47. The summed E-state index contributed by atoms with van der Waals surface area (Å²) >= 11 is 0. The number of fused-ring (bicyclic) bond motifs is 1. The van der Waals surface area contributed by atoms with E-state index in [9.17, 15) is 4.79 Å². The number of ether oxygens (including phenoxy) is 1. The van der Waals surface area contributed by atoms with Crippen LogP contribution in [-0.2, 0) is 16.0 Å². The highest BCUT2D eigenvalue weighted by molar-refractivity contribution is 5.86. The minimum absolute atomic E-state index is 0.112. The second-order valence-electron chi connectivity index (χ2n) is 6.55. The summed E-state index contributed by atoms with van der Waals surface area (Å²) in [7, 11) is 0. The van der Waals surface area contributed by atoms with Crippen LogP contribution >= 0.6 is 0 Å². The van der Waals surface area contributed by atoms with Crippen LogP contribution in [0, 0.1) is 6.92 Å². The number of aromatic nitrogens is 2. The molecule has 1 fully saturated rings. The zero-order valence-electron chi connectivity index (χ0n) is 14.5. The van der Waals surface area contributed by atoms with Crippen molar-refractivity contribution in [3.05, 3.63) is 41.6 Å². The van der Waals surface area contributed by atoms with Crippen molar-refractivity contribution in [1.29, 1.82) is 0 Å². The lowest BCUT2D eigenvalue weighted by Crippen LogP contribution is -2.51. The third-order valence-electron chi connectivity index (χ3n) is 4.94. The van der Waals surface area contributed by atoms with Crippen LogP contribution < -0.4 is 4.90 Å². The summed E-state index contributed by atoms with van der Waals surface area (Å²) < 4.78 is 11.2. The molecule has 3 heterocycles. The summed E-state index contributed by atoms with van der Waals surface area (Å²) in [4.78, 5) is 17.1. The van der Waals surface area contributed by atoms with Crippen molar-refractivity contribution in [3.8, 4) is 0 Å². The number of carbonyl (C=O) groups excluding carboxylic acids is 1. The van der Waals surface area contributed by atoms with Crippen LogP contribution in [-0.4, -0.2) is 53.3 Å². The van der Waals surface area contributed by atoms with Crippen molar-refractivity contribution in [2.75, 3.05) is 31.1 Å². The van der Waals surface area contributed by atoms with Gasteiger partial charge in [0.2, 0.25) is 17.7 Å². The van der Waals surface area contributed by atoms with Crippen LogP contribution in [0.3, 0.4) is 0 Å². The molecule has 2 atom stereocenters. The molecule has 7 heteroatoms. The summed E-state index contributed by atoms with van der Waals surface area (Å²) in [5.41, 5.74) is 2.48. The van der Waals surface area contributed by atoms with E-state index in [-0.39, 0.29) is 18.1 Å². The van der Waals surface area contributed by atoms with Crippen molar-refractivity contribution in [2.24, 2.45) is 0 Å². The van der Waals surface area contributed by atoms with Gasteiger partial charge in [0, 0.05) is 25.7 Å². The van der Waals surface area contributed by atoms with E-state index in [4.69, 9.17) is 9.15 Å². The number of rotatable bonds is 3. The van der Waals surface area contributed by atoms with Gasteiger partial charge in [-0.15, -0.1) is 10.2 Å². The topological polar surface area (TPSA) is 71.7 Å². The monoisotopic (exact) mass is 342 g/mol. The van der Waals surface area contributed by atoms with Crippen molar-refractivity contribution >= 4 is 11.6 Å². The van der Waals surface area contributed by atoms with Gasteiger partial charge in [0.1, 0.15) is 6.04 Å². The molecule has 0 aliphatic carbocycles. The van der Waals surface area contributed by atoms with Crippen LogP contribution in [0.5, 0.6) is 0 Å². The van der Waals surface area contributed by atoms with Crippen LogP contribution in [0.1, 0.15) is 30.4 Å². The lowest BCUT2D eigenvalue weighted by Gasteiger charge is -2.36. The number of para-hydroxylation sites is 1. The fraction of sp³-hybridized carbons (Fsp3) is 0.500. The molecule has 2 aliphatic rings. The second-order valence-corrected chi connectivity index (χ2v) is 6.55. The molecule has 7 nitrogen and oxygen atoms in total. The average Bonchev–Trinajstić information content (AvgIpc) is 3.27. The lowest BCUT2D eigenvalue weighted by molar-refractivity contribution is -0.141. The first kappa shape index (κ1) is 16.1. The Bertz CT molecular complexity index is 775. The van der Waals surface area contributed by atoms with E-state index in [0.29, 0.717) is 31.5 Å². The van der Waals surface area contributed by atoms with Gasteiger partial charge in [-0.25, -0.2) is 0 Å². The van der Waals surface area contributed by atoms with Crippen LogP contribution in [0.4, 0.5) is 5.69 Å². The predicted octanol–water partition coefficient (Wildman–Crippen LogP) is 1.73. The molecule has 2 aromatic rings. The number of hydrogen-bond acceptors (Lipinski definition) is 6. The lowest BCUT2D eigenvalue weighted by atomic mass is 10.1. The Hall–Kier alpha value is -2.41. The van der Waals surface area contributed by atoms with Crippen molar-refractivity contribution in [3.63, 3.8) is 0 Å². The molecule has 0 spiro atoms. The van der Waals surface area contributed by atoms with Gasteiger partial charge >= 0.3 is 0 Å². The van der Waals surface area contributed by atoms with Gasteiger partial charge in [0.15, 0.2) is 6.10 Å². The molecule has 0 N–H and O–H groups in total. The number of amides is 1. The molecular formula is C18H22N4O3. The van der Waals surface area contributed by atoms with E-state index in [0.717, 1.165) is 13.0 Å². The smallest absolute Gasteiger partial charge is 0.246 e. The molecule has 25 heavy (non-hydrogen) atoms. The molecule has 1 amide bonds. The third kappa shape index (κ3) is 3.00. The Labute approximate surface area is 146 Å². The van der Waals surface area contributed by atoms with Crippen LogP contribution in [0.15, 0.2) is 28.7 Å². The van der Waals surface area contributed by atoms with E-state index >= 15 is 0 Å². The summed E-state index contributed by atoms with van der Waals surface area (Å²) in [6.07, 6.45) is 0.637. The number of benzene rings is 1. The first-order valence-electron chi connectivity index (χ1n) is 8.68. The standard InChI is InChI=1S/C18H22N4O3/c1-12(22-8-7-14-5-3-4-6-15(14)22)18(23)21-9-10-24-16(11-21)17-20-19-13(2)25-17/h3-6,12,16H,7-11H2,1-2H3. The maximum atomic E-state index is 13.0. The summed E-state index contributed by atoms with van der Waals surface area (Å²) in [5.74, 6) is 1.06. The quantitative estimate of drug-likeness (QED) is 0.846. The van der Waals surface area contributed by atoms with Gasteiger partial charge in [-0.05, 0) is 25.0 Å².